The summed E-state index contributed by atoms with van der Waals surface area (Å²) in [5, 5.41) is 2.93. The minimum absolute atomic E-state index is 0.193. The lowest BCUT2D eigenvalue weighted by molar-refractivity contribution is 0.208. The van der Waals surface area contributed by atoms with E-state index in [9.17, 15) is 9.18 Å². The lowest BCUT2D eigenvalue weighted by Crippen LogP contribution is -2.50. The summed E-state index contributed by atoms with van der Waals surface area (Å²) in [7, 11) is 3.13. The molecule has 1 saturated heterocycles. The normalized spacial score (nSPS) is 13.5. The van der Waals surface area contributed by atoms with E-state index in [4.69, 9.17) is 14.5 Å². The van der Waals surface area contributed by atoms with Gasteiger partial charge in [-0.15, -0.1) is 0 Å². The second-order valence-electron chi connectivity index (χ2n) is 8.43. The lowest BCUT2D eigenvalue weighted by Gasteiger charge is -2.36. The molecule has 0 aliphatic carbocycles. The Labute approximate surface area is 204 Å². The van der Waals surface area contributed by atoms with E-state index in [-0.39, 0.29) is 11.8 Å². The Hall–Kier alpha value is -3.88. The number of benzene rings is 2. The number of halogens is 1. The quantitative estimate of drug-likeness (QED) is 0.571. The van der Waals surface area contributed by atoms with Crippen molar-refractivity contribution in [2.24, 2.45) is 0 Å². The third kappa shape index (κ3) is 5.62. The van der Waals surface area contributed by atoms with Gasteiger partial charge in [0.2, 0.25) is 0 Å². The molecule has 0 spiro atoms. The number of anilines is 2. The van der Waals surface area contributed by atoms with Gasteiger partial charge in [0.25, 0.3) is 0 Å². The molecular formula is C26H30FN5O3. The Kier molecular flexibility index (Phi) is 7.33. The third-order valence-corrected chi connectivity index (χ3v) is 6.10. The van der Waals surface area contributed by atoms with E-state index in [2.05, 4.69) is 15.2 Å². The van der Waals surface area contributed by atoms with Crippen LogP contribution in [0.1, 0.15) is 22.6 Å². The maximum Gasteiger partial charge on any atom is 0.321 e. The van der Waals surface area contributed by atoms with E-state index in [1.807, 2.05) is 19.9 Å². The summed E-state index contributed by atoms with van der Waals surface area (Å²) in [6, 6.07) is 11.8. The summed E-state index contributed by atoms with van der Waals surface area (Å²) < 4.78 is 24.9. The number of urea groups is 1. The molecule has 3 aromatic rings. The monoisotopic (exact) mass is 479 g/mol. The van der Waals surface area contributed by atoms with Crippen LogP contribution in [0.15, 0.2) is 42.5 Å². The first-order valence-corrected chi connectivity index (χ1v) is 11.5. The second kappa shape index (κ2) is 10.6. The van der Waals surface area contributed by atoms with Crippen molar-refractivity contribution in [1.82, 2.24) is 14.9 Å². The first kappa shape index (κ1) is 24.3. The van der Waals surface area contributed by atoms with Gasteiger partial charge in [-0.25, -0.2) is 19.2 Å². The fraction of sp³-hybridized carbons (Fsp3) is 0.346. The number of hydrogen-bond donors (Lipinski definition) is 1. The Morgan fingerprint density at radius 2 is 1.66 bits per heavy atom. The third-order valence-electron chi connectivity index (χ3n) is 6.10. The van der Waals surface area contributed by atoms with Crippen molar-refractivity contribution >= 4 is 17.5 Å². The fourth-order valence-corrected chi connectivity index (χ4v) is 4.22. The Morgan fingerprint density at radius 3 is 2.29 bits per heavy atom. The van der Waals surface area contributed by atoms with Crippen LogP contribution >= 0.6 is 0 Å². The standard InChI is InChI=1S/C26H30FN5O3/c1-17-23(13-19-7-5-6-8-24(19)27)25(29-18(2)28-17)31-9-11-32(12-10-31)26(33)30-20-14-21(34-3)16-22(15-20)35-4/h5-8,14-16H,9-13H2,1-4H3,(H,30,33). The van der Waals surface area contributed by atoms with Crippen LogP contribution in [0.2, 0.25) is 0 Å². The predicted octanol–water partition coefficient (Wildman–Crippen LogP) is 4.19. The van der Waals surface area contributed by atoms with Crippen LogP contribution in [-0.2, 0) is 6.42 Å². The zero-order valence-electron chi connectivity index (χ0n) is 20.5. The largest absolute Gasteiger partial charge is 0.497 e. The van der Waals surface area contributed by atoms with Gasteiger partial charge in [-0.1, -0.05) is 18.2 Å². The number of rotatable bonds is 6. The second-order valence-corrected chi connectivity index (χ2v) is 8.43. The summed E-state index contributed by atoms with van der Waals surface area (Å²) in [4.78, 5) is 26.0. The van der Waals surface area contributed by atoms with Crippen LogP contribution in [0, 0.1) is 19.7 Å². The zero-order chi connectivity index (χ0) is 24.9. The molecule has 1 fully saturated rings. The maximum absolute atomic E-state index is 14.4. The molecule has 1 N–H and O–H groups in total. The molecule has 2 heterocycles. The number of aromatic nitrogens is 2. The summed E-state index contributed by atoms with van der Waals surface area (Å²) >= 11 is 0. The van der Waals surface area contributed by atoms with Crippen molar-refractivity contribution in [3.8, 4) is 11.5 Å². The van der Waals surface area contributed by atoms with Gasteiger partial charge in [0, 0.05) is 67.7 Å². The molecule has 0 bridgehead atoms. The highest BCUT2D eigenvalue weighted by molar-refractivity contribution is 5.90. The summed E-state index contributed by atoms with van der Waals surface area (Å²) in [6.45, 7) is 6.04. The van der Waals surface area contributed by atoms with E-state index < -0.39 is 0 Å². The molecule has 4 rings (SSSR count). The van der Waals surface area contributed by atoms with Crippen LogP contribution in [0.25, 0.3) is 0 Å². The van der Waals surface area contributed by atoms with Crippen LogP contribution in [0.3, 0.4) is 0 Å². The van der Waals surface area contributed by atoms with Crippen molar-refractivity contribution < 1.29 is 18.7 Å². The van der Waals surface area contributed by atoms with Crippen LogP contribution in [0.5, 0.6) is 11.5 Å². The van der Waals surface area contributed by atoms with Gasteiger partial charge in [-0.3, -0.25) is 0 Å². The molecule has 0 saturated carbocycles. The van der Waals surface area contributed by atoms with E-state index >= 15 is 0 Å². The molecule has 8 nitrogen and oxygen atoms in total. The van der Waals surface area contributed by atoms with Crippen molar-refractivity contribution in [1.29, 1.82) is 0 Å². The van der Waals surface area contributed by atoms with Crippen molar-refractivity contribution in [2.75, 3.05) is 50.6 Å². The number of nitrogens with zero attached hydrogens (tertiary/aromatic N) is 4. The summed E-state index contributed by atoms with van der Waals surface area (Å²) in [5.74, 6) is 2.43. The van der Waals surface area contributed by atoms with Gasteiger partial charge in [0.05, 0.1) is 14.2 Å². The maximum atomic E-state index is 14.4. The molecule has 9 heteroatoms. The van der Waals surface area contributed by atoms with Gasteiger partial charge < -0.3 is 24.6 Å². The number of nitrogens with one attached hydrogen (secondary N) is 1. The van der Waals surface area contributed by atoms with Crippen LogP contribution in [0.4, 0.5) is 20.7 Å². The van der Waals surface area contributed by atoms with Gasteiger partial charge in [-0.05, 0) is 25.5 Å². The van der Waals surface area contributed by atoms with E-state index in [1.54, 1.807) is 49.5 Å². The molecule has 0 unspecified atom stereocenters. The van der Waals surface area contributed by atoms with Crippen molar-refractivity contribution in [2.45, 2.75) is 20.3 Å². The van der Waals surface area contributed by atoms with Crippen molar-refractivity contribution in [3.63, 3.8) is 0 Å². The topological polar surface area (TPSA) is 79.8 Å². The van der Waals surface area contributed by atoms with E-state index in [0.717, 1.165) is 17.1 Å². The van der Waals surface area contributed by atoms with E-state index in [1.165, 1.54) is 6.07 Å². The number of carbonyl (C=O) groups excluding carboxylic acids is 1. The van der Waals surface area contributed by atoms with Crippen LogP contribution < -0.4 is 19.7 Å². The first-order valence-electron chi connectivity index (χ1n) is 11.5. The highest BCUT2D eigenvalue weighted by atomic mass is 19.1. The molecule has 35 heavy (non-hydrogen) atoms. The van der Waals surface area contributed by atoms with E-state index in [0.29, 0.717) is 61.2 Å². The Morgan fingerprint density at radius 1 is 1.00 bits per heavy atom. The van der Waals surface area contributed by atoms with Gasteiger partial charge >= 0.3 is 6.03 Å². The molecule has 184 valence electrons. The molecule has 1 aliphatic heterocycles. The number of piperazine rings is 1. The number of methoxy groups -OCH3 is 2. The highest BCUT2D eigenvalue weighted by Crippen LogP contribution is 2.28. The number of ether oxygens (including phenoxy) is 2. The fourth-order valence-electron chi connectivity index (χ4n) is 4.22. The minimum atomic E-state index is -0.242. The number of carbonyl (C=O) groups is 1. The first-order chi connectivity index (χ1) is 16.9. The Balaban J connectivity index is 1.47. The molecule has 1 aliphatic rings. The number of hydrogen-bond acceptors (Lipinski definition) is 6. The zero-order valence-corrected chi connectivity index (χ0v) is 20.5. The predicted molar refractivity (Wildman–Crippen MR) is 133 cm³/mol. The van der Waals surface area contributed by atoms with Crippen molar-refractivity contribution in [3.05, 3.63) is 70.9 Å². The summed E-state index contributed by atoms with van der Waals surface area (Å²) in [6.07, 6.45) is 0.409. The molecule has 2 amide bonds. The SMILES string of the molecule is COc1cc(NC(=O)N2CCN(c3nc(C)nc(C)c3Cc3ccccc3F)CC2)cc(OC)c1. The summed E-state index contributed by atoms with van der Waals surface area (Å²) in [5.41, 5.74) is 2.95. The Bertz CT molecular complexity index is 1190. The minimum Gasteiger partial charge on any atom is -0.497 e. The van der Waals surface area contributed by atoms with Crippen LogP contribution in [-0.4, -0.2) is 61.3 Å². The molecule has 0 atom stereocenters. The highest BCUT2D eigenvalue weighted by Gasteiger charge is 2.25. The number of aryl methyl sites for hydroxylation is 2. The van der Waals surface area contributed by atoms with Gasteiger partial charge in [0.15, 0.2) is 0 Å². The molecule has 0 radical (unpaired) electrons. The molecule has 2 aromatic carbocycles. The average Bonchev–Trinajstić information content (AvgIpc) is 2.86. The molecule has 1 aromatic heterocycles. The average molecular weight is 480 g/mol. The molecular weight excluding hydrogens is 449 g/mol. The smallest absolute Gasteiger partial charge is 0.321 e. The van der Waals surface area contributed by atoms with Gasteiger partial charge in [0.1, 0.15) is 29.0 Å². The number of amides is 2. The lowest BCUT2D eigenvalue weighted by atomic mass is 10.0. The van der Waals surface area contributed by atoms with Gasteiger partial charge in [-0.2, -0.15) is 0 Å².